The van der Waals surface area contributed by atoms with Gasteiger partial charge in [0.15, 0.2) is 0 Å². The van der Waals surface area contributed by atoms with E-state index in [-0.39, 0.29) is 0 Å². The molecule has 5 nitrogen and oxygen atoms in total. The van der Waals surface area contributed by atoms with Crippen molar-refractivity contribution in [3.8, 4) is 0 Å². The summed E-state index contributed by atoms with van der Waals surface area (Å²) in [6.07, 6.45) is 0. The topological polar surface area (TPSA) is 61.8 Å². The van der Waals surface area contributed by atoms with Gasteiger partial charge in [-0.15, -0.1) is 0 Å². The summed E-state index contributed by atoms with van der Waals surface area (Å²) in [5.41, 5.74) is 0. The molecule has 1 rings (SSSR count). The fraction of sp³-hybridized carbons (Fsp3) is 0.400. The normalized spacial score (nSPS) is 16.8. The van der Waals surface area contributed by atoms with Crippen LogP contribution in [0.1, 0.15) is 0 Å². The molecule has 0 radical (unpaired) electrons. The third kappa shape index (κ3) is 0.975. The van der Waals surface area contributed by atoms with Crippen LogP contribution in [0.4, 0.5) is 0 Å². The standard InChI is InChI=1S/C5H7N3O2/c1-8(2)5-6-3(9)4(10)7-5/h1-2H3,(H,6,7,9,10). The second-order valence-corrected chi connectivity index (χ2v) is 2.09. The van der Waals surface area contributed by atoms with Crippen molar-refractivity contribution < 1.29 is 9.59 Å². The van der Waals surface area contributed by atoms with E-state index in [0.717, 1.165) is 0 Å². The summed E-state index contributed by atoms with van der Waals surface area (Å²) in [6, 6.07) is 0. The van der Waals surface area contributed by atoms with Crippen molar-refractivity contribution in [3.05, 3.63) is 0 Å². The number of aliphatic imine (C=N–C) groups is 1. The molecule has 0 fully saturated rings. The van der Waals surface area contributed by atoms with E-state index >= 15 is 0 Å². The third-order valence-corrected chi connectivity index (χ3v) is 1.05. The molecule has 0 bridgehead atoms. The van der Waals surface area contributed by atoms with Crippen LogP contribution in [0.5, 0.6) is 0 Å². The number of guanidine groups is 1. The number of carbonyl (C=O) groups excluding carboxylic acids is 2. The average molecular weight is 141 g/mol. The highest BCUT2D eigenvalue weighted by Crippen LogP contribution is 1.90. The fourth-order valence-electron chi connectivity index (χ4n) is 0.542. The second-order valence-electron chi connectivity index (χ2n) is 2.09. The maximum atomic E-state index is 10.5. The minimum Gasteiger partial charge on any atom is -0.348 e. The molecule has 0 saturated carbocycles. The fourth-order valence-corrected chi connectivity index (χ4v) is 0.542. The van der Waals surface area contributed by atoms with Gasteiger partial charge in [0, 0.05) is 14.1 Å². The molecule has 54 valence electrons. The molecule has 1 N–H and O–H groups in total. The van der Waals surface area contributed by atoms with Crippen molar-refractivity contribution in [2.24, 2.45) is 4.99 Å². The van der Waals surface area contributed by atoms with Crippen LogP contribution in [-0.4, -0.2) is 36.8 Å². The molecule has 0 aliphatic carbocycles. The van der Waals surface area contributed by atoms with E-state index in [0.29, 0.717) is 5.96 Å². The minimum atomic E-state index is -0.733. The predicted molar refractivity (Wildman–Crippen MR) is 34.3 cm³/mol. The van der Waals surface area contributed by atoms with Gasteiger partial charge in [-0.2, -0.15) is 4.99 Å². The zero-order valence-corrected chi connectivity index (χ0v) is 5.71. The third-order valence-electron chi connectivity index (χ3n) is 1.05. The maximum absolute atomic E-state index is 10.5. The van der Waals surface area contributed by atoms with Crippen molar-refractivity contribution in [1.82, 2.24) is 10.2 Å². The average Bonchev–Trinajstić information content (AvgIpc) is 2.13. The number of amides is 2. The molecule has 5 heteroatoms. The molecule has 10 heavy (non-hydrogen) atoms. The smallest absolute Gasteiger partial charge is 0.338 e. The zero-order chi connectivity index (χ0) is 7.72. The number of nitrogens with one attached hydrogen (secondary N) is 1. The highest BCUT2D eigenvalue weighted by atomic mass is 16.2. The summed E-state index contributed by atoms with van der Waals surface area (Å²) in [5.74, 6) is -1.09. The molecule has 1 aliphatic heterocycles. The molecular formula is C5H7N3O2. The molecule has 0 aromatic heterocycles. The van der Waals surface area contributed by atoms with E-state index < -0.39 is 11.8 Å². The number of hydrogen-bond acceptors (Lipinski definition) is 3. The van der Waals surface area contributed by atoms with E-state index in [4.69, 9.17) is 0 Å². The lowest BCUT2D eigenvalue weighted by molar-refractivity contribution is -0.135. The van der Waals surface area contributed by atoms with Crippen LogP contribution in [-0.2, 0) is 9.59 Å². The first kappa shape index (κ1) is 6.73. The molecule has 0 aromatic rings. The lowest BCUT2D eigenvalue weighted by atomic mass is 10.6. The van der Waals surface area contributed by atoms with Gasteiger partial charge in [0.2, 0.25) is 5.96 Å². The number of rotatable bonds is 0. The molecule has 2 amide bonds. The van der Waals surface area contributed by atoms with E-state index in [1.165, 1.54) is 0 Å². The summed E-state index contributed by atoms with van der Waals surface area (Å²) in [4.78, 5) is 25.9. The highest BCUT2D eigenvalue weighted by Gasteiger charge is 2.23. The molecular weight excluding hydrogens is 134 g/mol. The molecule has 0 saturated heterocycles. The Labute approximate surface area is 57.7 Å². The summed E-state index contributed by atoms with van der Waals surface area (Å²) in [5, 5.41) is 2.29. The zero-order valence-electron chi connectivity index (χ0n) is 5.71. The van der Waals surface area contributed by atoms with Crippen molar-refractivity contribution in [2.45, 2.75) is 0 Å². The van der Waals surface area contributed by atoms with Crippen molar-refractivity contribution >= 4 is 17.8 Å². The van der Waals surface area contributed by atoms with Gasteiger partial charge < -0.3 is 4.90 Å². The Morgan fingerprint density at radius 3 is 2.20 bits per heavy atom. The first-order valence-electron chi connectivity index (χ1n) is 2.72. The number of nitrogens with zero attached hydrogens (tertiary/aromatic N) is 2. The summed E-state index contributed by atoms with van der Waals surface area (Å²) in [7, 11) is 3.38. The highest BCUT2D eigenvalue weighted by molar-refractivity contribution is 6.43. The predicted octanol–water partition coefficient (Wildman–Crippen LogP) is -1.44. The van der Waals surface area contributed by atoms with Gasteiger partial charge in [0.25, 0.3) is 0 Å². The first-order valence-corrected chi connectivity index (χ1v) is 2.72. The first-order chi connectivity index (χ1) is 4.61. The van der Waals surface area contributed by atoms with E-state index in [2.05, 4.69) is 10.3 Å². The molecule has 1 heterocycles. The lowest BCUT2D eigenvalue weighted by Crippen LogP contribution is -2.35. The lowest BCUT2D eigenvalue weighted by Gasteiger charge is -2.08. The Morgan fingerprint density at radius 1 is 1.40 bits per heavy atom. The van der Waals surface area contributed by atoms with Gasteiger partial charge in [0.05, 0.1) is 0 Å². The Balaban J connectivity index is 2.77. The van der Waals surface area contributed by atoms with E-state index in [9.17, 15) is 9.59 Å². The molecule has 1 aliphatic rings. The van der Waals surface area contributed by atoms with Crippen LogP contribution in [0.25, 0.3) is 0 Å². The van der Waals surface area contributed by atoms with Crippen LogP contribution in [0.2, 0.25) is 0 Å². The van der Waals surface area contributed by atoms with Crippen molar-refractivity contribution in [3.63, 3.8) is 0 Å². The second kappa shape index (κ2) is 2.09. The van der Waals surface area contributed by atoms with Gasteiger partial charge >= 0.3 is 11.8 Å². The van der Waals surface area contributed by atoms with Crippen molar-refractivity contribution in [2.75, 3.05) is 14.1 Å². The van der Waals surface area contributed by atoms with Crippen LogP contribution in [0.15, 0.2) is 4.99 Å². The minimum absolute atomic E-state index is 0.301. The summed E-state index contributed by atoms with van der Waals surface area (Å²) in [6.45, 7) is 0. The van der Waals surface area contributed by atoms with E-state index in [1.807, 2.05) is 0 Å². The molecule has 0 atom stereocenters. The molecule has 0 aromatic carbocycles. The van der Waals surface area contributed by atoms with Gasteiger partial charge in [-0.05, 0) is 0 Å². The SMILES string of the molecule is CN(C)C1=NC(=O)C(=O)N1. The van der Waals surface area contributed by atoms with Gasteiger partial charge in [0.1, 0.15) is 0 Å². The van der Waals surface area contributed by atoms with Gasteiger partial charge in [-0.3, -0.25) is 14.9 Å². The van der Waals surface area contributed by atoms with Crippen LogP contribution in [0.3, 0.4) is 0 Å². The van der Waals surface area contributed by atoms with Gasteiger partial charge in [-0.25, -0.2) is 0 Å². The Hall–Kier alpha value is -1.39. The largest absolute Gasteiger partial charge is 0.348 e. The van der Waals surface area contributed by atoms with E-state index in [1.54, 1.807) is 19.0 Å². The Morgan fingerprint density at radius 2 is 2.00 bits per heavy atom. The Kier molecular flexibility index (Phi) is 1.41. The van der Waals surface area contributed by atoms with Crippen LogP contribution >= 0.6 is 0 Å². The van der Waals surface area contributed by atoms with Crippen LogP contribution < -0.4 is 5.32 Å². The quantitative estimate of drug-likeness (QED) is 0.420. The van der Waals surface area contributed by atoms with Gasteiger partial charge in [-0.1, -0.05) is 0 Å². The van der Waals surface area contributed by atoms with Crippen molar-refractivity contribution in [1.29, 1.82) is 0 Å². The Bertz CT molecular complexity index is 219. The number of hydrogen-bond donors (Lipinski definition) is 1. The molecule has 0 spiro atoms. The van der Waals surface area contributed by atoms with Crippen LogP contribution in [0, 0.1) is 0 Å². The number of carbonyl (C=O) groups is 2. The summed E-state index contributed by atoms with van der Waals surface area (Å²) >= 11 is 0. The maximum Gasteiger partial charge on any atom is 0.338 e. The molecule has 0 unspecified atom stereocenters. The summed E-state index contributed by atoms with van der Waals surface area (Å²) < 4.78 is 0. The monoisotopic (exact) mass is 141 g/mol.